The molecule has 0 N–H and O–H groups in total. The Hall–Kier alpha value is -3.34. The van der Waals surface area contributed by atoms with E-state index < -0.39 is 5.97 Å². The number of carbonyl (C=O) groups is 2. The van der Waals surface area contributed by atoms with Crippen LogP contribution in [0.2, 0.25) is 0 Å². The molecule has 0 aliphatic heterocycles. The zero-order chi connectivity index (χ0) is 21.1. The Morgan fingerprint density at radius 1 is 0.897 bits per heavy atom. The third kappa shape index (κ3) is 4.09. The third-order valence-electron chi connectivity index (χ3n) is 5.14. The summed E-state index contributed by atoms with van der Waals surface area (Å²) in [6.45, 7) is 7.67. The number of para-hydroxylation sites is 1. The Balaban J connectivity index is 1.80. The number of Topliss-reactive ketones (excluding diaryl/α,β-unsaturated/α-hetero) is 1. The van der Waals surface area contributed by atoms with Crippen molar-refractivity contribution in [3.05, 3.63) is 82.2 Å². The zero-order valence-corrected chi connectivity index (χ0v) is 17.4. The summed E-state index contributed by atoms with van der Waals surface area (Å²) < 4.78 is 12.5. The first-order valence-electron chi connectivity index (χ1n) is 9.43. The molecular formula is C24H25NO4. The summed E-state index contributed by atoms with van der Waals surface area (Å²) in [4.78, 5) is 25.1. The Morgan fingerprint density at radius 2 is 1.62 bits per heavy atom. The first kappa shape index (κ1) is 20.4. The van der Waals surface area contributed by atoms with E-state index in [0.29, 0.717) is 16.9 Å². The van der Waals surface area contributed by atoms with Crippen LogP contribution in [-0.2, 0) is 4.74 Å². The van der Waals surface area contributed by atoms with Gasteiger partial charge in [-0.3, -0.25) is 4.79 Å². The van der Waals surface area contributed by atoms with E-state index in [0.717, 1.165) is 17.1 Å². The number of rotatable bonds is 6. The predicted molar refractivity (Wildman–Crippen MR) is 112 cm³/mol. The molecule has 0 aliphatic carbocycles. The fraction of sp³-hybridized carbons (Fsp3) is 0.250. The monoisotopic (exact) mass is 391 g/mol. The van der Waals surface area contributed by atoms with E-state index in [1.54, 1.807) is 24.3 Å². The normalized spacial score (nSPS) is 10.7. The van der Waals surface area contributed by atoms with Crippen molar-refractivity contribution in [3.8, 4) is 11.4 Å². The molecule has 0 atom stereocenters. The van der Waals surface area contributed by atoms with Crippen molar-refractivity contribution in [1.29, 1.82) is 0 Å². The minimum atomic E-state index is -0.584. The standard InChI is InChI=1S/C24H25NO4/c1-15-10-11-19(12-16(15)2)25-17(3)13-21(18(25)4)22(26)14-29-24(27)20-8-6-7-9-23(20)28-5/h6-13H,14H2,1-5H3. The second-order valence-corrected chi connectivity index (χ2v) is 7.09. The van der Waals surface area contributed by atoms with Gasteiger partial charge in [0.25, 0.3) is 0 Å². The summed E-state index contributed by atoms with van der Waals surface area (Å²) in [6, 6.07) is 14.8. The van der Waals surface area contributed by atoms with Gasteiger partial charge in [-0.15, -0.1) is 0 Å². The van der Waals surface area contributed by atoms with Gasteiger partial charge < -0.3 is 14.0 Å². The molecule has 2 aromatic carbocycles. The van der Waals surface area contributed by atoms with E-state index in [2.05, 4.69) is 26.0 Å². The topological polar surface area (TPSA) is 57.5 Å². The number of ether oxygens (including phenoxy) is 2. The van der Waals surface area contributed by atoms with Crippen molar-refractivity contribution < 1.29 is 19.1 Å². The molecule has 0 saturated carbocycles. The fourth-order valence-electron chi connectivity index (χ4n) is 3.41. The summed E-state index contributed by atoms with van der Waals surface area (Å²) in [5.74, 6) is -0.409. The number of nitrogens with zero attached hydrogens (tertiary/aromatic N) is 1. The summed E-state index contributed by atoms with van der Waals surface area (Å²) in [6.07, 6.45) is 0. The molecule has 5 nitrogen and oxygen atoms in total. The molecule has 0 fully saturated rings. The van der Waals surface area contributed by atoms with Gasteiger partial charge in [-0.2, -0.15) is 0 Å². The van der Waals surface area contributed by atoms with Gasteiger partial charge >= 0.3 is 5.97 Å². The fourth-order valence-corrected chi connectivity index (χ4v) is 3.41. The van der Waals surface area contributed by atoms with Crippen molar-refractivity contribution in [2.75, 3.05) is 13.7 Å². The van der Waals surface area contributed by atoms with Crippen molar-refractivity contribution in [1.82, 2.24) is 4.57 Å². The molecule has 1 heterocycles. The Morgan fingerprint density at radius 3 is 2.31 bits per heavy atom. The van der Waals surface area contributed by atoms with Crippen LogP contribution in [0.3, 0.4) is 0 Å². The molecule has 3 rings (SSSR count). The number of aryl methyl sites for hydroxylation is 3. The molecule has 0 bridgehead atoms. The van der Waals surface area contributed by atoms with Crippen molar-refractivity contribution >= 4 is 11.8 Å². The van der Waals surface area contributed by atoms with E-state index in [4.69, 9.17) is 9.47 Å². The van der Waals surface area contributed by atoms with E-state index in [1.165, 1.54) is 18.2 Å². The molecule has 0 radical (unpaired) electrons. The smallest absolute Gasteiger partial charge is 0.342 e. The average molecular weight is 391 g/mol. The molecule has 0 saturated heterocycles. The first-order chi connectivity index (χ1) is 13.8. The number of hydrogen-bond acceptors (Lipinski definition) is 4. The van der Waals surface area contributed by atoms with Gasteiger partial charge in [-0.05, 0) is 69.2 Å². The highest BCUT2D eigenvalue weighted by molar-refractivity contribution is 6.01. The zero-order valence-electron chi connectivity index (χ0n) is 17.4. The van der Waals surface area contributed by atoms with Gasteiger partial charge in [0.05, 0.1) is 7.11 Å². The predicted octanol–water partition coefficient (Wildman–Crippen LogP) is 4.76. The molecular weight excluding hydrogens is 366 g/mol. The number of ketones is 1. The van der Waals surface area contributed by atoms with E-state index in [1.807, 2.05) is 30.5 Å². The van der Waals surface area contributed by atoms with Gasteiger partial charge in [0.2, 0.25) is 5.78 Å². The molecule has 0 spiro atoms. The van der Waals surface area contributed by atoms with E-state index in [-0.39, 0.29) is 12.4 Å². The molecule has 0 amide bonds. The Bertz CT molecular complexity index is 1080. The average Bonchev–Trinajstić information content (AvgIpc) is 3.02. The maximum Gasteiger partial charge on any atom is 0.342 e. The number of aromatic nitrogens is 1. The van der Waals surface area contributed by atoms with Gasteiger partial charge in [0.15, 0.2) is 6.61 Å². The maximum atomic E-state index is 12.8. The lowest BCUT2D eigenvalue weighted by Gasteiger charge is -2.12. The van der Waals surface area contributed by atoms with Crippen LogP contribution in [-0.4, -0.2) is 30.0 Å². The number of methoxy groups -OCH3 is 1. The van der Waals surface area contributed by atoms with Crippen LogP contribution >= 0.6 is 0 Å². The highest BCUT2D eigenvalue weighted by atomic mass is 16.5. The second-order valence-electron chi connectivity index (χ2n) is 7.09. The molecule has 0 unspecified atom stereocenters. The van der Waals surface area contributed by atoms with Gasteiger partial charge in [-0.1, -0.05) is 18.2 Å². The SMILES string of the molecule is COc1ccccc1C(=O)OCC(=O)c1cc(C)n(-c2ccc(C)c(C)c2)c1C. The first-order valence-corrected chi connectivity index (χ1v) is 9.43. The van der Waals surface area contributed by atoms with Crippen molar-refractivity contribution in [2.45, 2.75) is 27.7 Å². The minimum Gasteiger partial charge on any atom is -0.496 e. The number of carbonyl (C=O) groups excluding carboxylic acids is 2. The summed E-state index contributed by atoms with van der Waals surface area (Å²) >= 11 is 0. The molecule has 5 heteroatoms. The second kappa shape index (κ2) is 8.35. The third-order valence-corrected chi connectivity index (χ3v) is 5.14. The van der Waals surface area contributed by atoms with Crippen LogP contribution < -0.4 is 4.74 Å². The van der Waals surface area contributed by atoms with Crippen LogP contribution in [0.4, 0.5) is 0 Å². The van der Waals surface area contributed by atoms with Gasteiger partial charge in [0, 0.05) is 22.6 Å². The molecule has 150 valence electrons. The van der Waals surface area contributed by atoms with Crippen LogP contribution in [0, 0.1) is 27.7 Å². The lowest BCUT2D eigenvalue weighted by molar-refractivity contribution is 0.0471. The summed E-state index contributed by atoms with van der Waals surface area (Å²) in [5.41, 5.74) is 6.03. The maximum absolute atomic E-state index is 12.8. The number of hydrogen-bond donors (Lipinski definition) is 0. The molecule has 3 aromatic rings. The largest absolute Gasteiger partial charge is 0.496 e. The van der Waals surface area contributed by atoms with Crippen LogP contribution in [0.1, 0.15) is 43.2 Å². The minimum absolute atomic E-state index is 0.239. The van der Waals surface area contributed by atoms with Crippen molar-refractivity contribution in [2.24, 2.45) is 0 Å². The van der Waals surface area contributed by atoms with E-state index in [9.17, 15) is 9.59 Å². The molecule has 29 heavy (non-hydrogen) atoms. The Labute approximate surface area is 170 Å². The van der Waals surface area contributed by atoms with Crippen LogP contribution in [0.15, 0.2) is 48.5 Å². The highest BCUT2D eigenvalue weighted by Crippen LogP contribution is 2.23. The molecule has 0 aliphatic rings. The van der Waals surface area contributed by atoms with Gasteiger partial charge in [-0.25, -0.2) is 4.79 Å². The van der Waals surface area contributed by atoms with Crippen LogP contribution in [0.5, 0.6) is 5.75 Å². The van der Waals surface area contributed by atoms with Crippen LogP contribution in [0.25, 0.3) is 5.69 Å². The quantitative estimate of drug-likeness (QED) is 0.449. The van der Waals surface area contributed by atoms with Crippen molar-refractivity contribution in [3.63, 3.8) is 0 Å². The van der Waals surface area contributed by atoms with Gasteiger partial charge in [0.1, 0.15) is 11.3 Å². The summed E-state index contributed by atoms with van der Waals surface area (Å²) in [5, 5.41) is 0. The summed E-state index contributed by atoms with van der Waals surface area (Å²) in [7, 11) is 1.49. The van der Waals surface area contributed by atoms with E-state index >= 15 is 0 Å². The Kier molecular flexibility index (Phi) is 5.87. The lowest BCUT2D eigenvalue weighted by Crippen LogP contribution is -2.15. The molecule has 1 aromatic heterocycles. The highest BCUT2D eigenvalue weighted by Gasteiger charge is 2.20. The number of benzene rings is 2. The lowest BCUT2D eigenvalue weighted by atomic mass is 10.1. The number of esters is 1.